The molecule has 306 valence electrons. The van der Waals surface area contributed by atoms with Gasteiger partial charge in [0.1, 0.15) is 0 Å². The van der Waals surface area contributed by atoms with Gasteiger partial charge in [-0.1, -0.05) is 105 Å². The molecule has 56 heavy (non-hydrogen) atoms. The van der Waals surface area contributed by atoms with Gasteiger partial charge in [0, 0.05) is 31.2 Å². The van der Waals surface area contributed by atoms with Crippen molar-refractivity contribution in [2.75, 3.05) is 0 Å². The van der Waals surface area contributed by atoms with Crippen LogP contribution in [0.2, 0.25) is 0 Å². The molecule has 0 saturated heterocycles. The van der Waals surface area contributed by atoms with Crippen LogP contribution in [0.3, 0.4) is 0 Å². The van der Waals surface area contributed by atoms with Gasteiger partial charge in [0.05, 0.1) is 0 Å². The number of rotatable bonds is 11. The molecular weight excluding hydrogens is 948 g/mol. The number of halogens is 22. The largest absolute Gasteiger partial charge is 0.460 e. The molecule has 4 rings (SSSR count). The minimum absolute atomic E-state index is 0.203. The van der Waals surface area contributed by atoms with Crippen LogP contribution < -0.4 is 0 Å². The van der Waals surface area contributed by atoms with Crippen molar-refractivity contribution in [2.24, 2.45) is 0 Å². The first-order valence-corrected chi connectivity index (χ1v) is 16.3. The number of alkyl halides is 20. The van der Waals surface area contributed by atoms with Crippen molar-refractivity contribution in [3.8, 4) is 11.1 Å². The summed E-state index contributed by atoms with van der Waals surface area (Å²) in [5, 5.41) is 0. The molecule has 0 aliphatic carbocycles. The summed E-state index contributed by atoms with van der Waals surface area (Å²) in [7, 11) is 0. The Hall–Kier alpha value is -3.56. The lowest BCUT2D eigenvalue weighted by Gasteiger charge is -2.41. The molecule has 0 amide bonds. The Bertz CT molecular complexity index is 1890. The van der Waals surface area contributed by atoms with Gasteiger partial charge in [0.25, 0.3) is 0 Å². The SMILES string of the molecule is FC(F)(F)C(F)(F)C(F)(F)C(F)(F)C(F)(c1ccc(-c2ccc(C(F)(c3cccc(Br)c3)C(F)(F)C(F)(F)C(F)(F)C(F)(F)F)cc2)cc1)c1cccc(Br)c1. The Morgan fingerprint density at radius 1 is 0.286 bits per heavy atom. The lowest BCUT2D eigenvalue weighted by Crippen LogP contribution is -2.66. The highest BCUT2D eigenvalue weighted by molar-refractivity contribution is 9.10. The quantitative estimate of drug-likeness (QED) is 0.131. The number of hydrogen-bond donors (Lipinski definition) is 0. The van der Waals surface area contributed by atoms with E-state index in [1.165, 1.54) is 0 Å². The second-order valence-corrected chi connectivity index (χ2v) is 13.8. The Kier molecular flexibility index (Phi) is 11.3. The predicted octanol–water partition coefficient (Wildman–Crippen LogP) is 14.2. The maximum Gasteiger partial charge on any atom is 0.460 e. The van der Waals surface area contributed by atoms with Gasteiger partial charge in [-0.15, -0.1) is 0 Å². The fourth-order valence-electron chi connectivity index (χ4n) is 5.43. The maximum atomic E-state index is 16.6. The smallest absolute Gasteiger partial charge is 0.226 e. The van der Waals surface area contributed by atoms with Gasteiger partial charge in [0.15, 0.2) is 0 Å². The zero-order chi connectivity index (χ0) is 42.9. The predicted molar refractivity (Wildman–Crippen MR) is 166 cm³/mol. The minimum Gasteiger partial charge on any atom is -0.226 e. The van der Waals surface area contributed by atoms with E-state index in [9.17, 15) is 61.5 Å². The Balaban J connectivity index is 1.88. The third-order valence-corrected chi connectivity index (χ3v) is 9.48. The van der Waals surface area contributed by atoms with Crippen LogP contribution in [0.25, 0.3) is 11.1 Å². The van der Waals surface area contributed by atoms with Crippen LogP contribution in [-0.2, 0) is 11.3 Å². The number of benzene rings is 4. The van der Waals surface area contributed by atoms with Crippen LogP contribution in [0.1, 0.15) is 22.3 Å². The molecule has 2 atom stereocenters. The van der Waals surface area contributed by atoms with Crippen molar-refractivity contribution in [3.63, 3.8) is 0 Å². The van der Waals surface area contributed by atoms with E-state index in [4.69, 9.17) is 0 Å². The number of hydrogen-bond acceptors (Lipinski definition) is 0. The molecule has 0 bridgehead atoms. The molecule has 0 aromatic heterocycles. The molecule has 2 unspecified atom stereocenters. The molecule has 0 radical (unpaired) electrons. The van der Waals surface area contributed by atoms with E-state index in [2.05, 4.69) is 31.9 Å². The first-order chi connectivity index (χ1) is 25.2. The summed E-state index contributed by atoms with van der Waals surface area (Å²) in [6, 6.07) is 7.90. The monoisotopic (exact) mass is 962 g/mol. The second kappa shape index (κ2) is 14.1. The molecule has 0 N–H and O–H groups in total. The Morgan fingerprint density at radius 3 is 0.786 bits per heavy atom. The average Bonchev–Trinajstić information content (AvgIpc) is 3.09. The molecule has 0 saturated carbocycles. The summed E-state index contributed by atoms with van der Waals surface area (Å²) in [6.07, 6.45) is -14.6. The third kappa shape index (κ3) is 6.62. The highest BCUT2D eigenvalue weighted by Crippen LogP contribution is 2.63. The highest BCUT2D eigenvalue weighted by atomic mass is 79.9. The average molecular weight is 964 g/mol. The van der Waals surface area contributed by atoms with Crippen LogP contribution in [0.15, 0.2) is 106 Å². The summed E-state index contributed by atoms with van der Waals surface area (Å²) in [5.41, 5.74) is -17.7. The summed E-state index contributed by atoms with van der Waals surface area (Å²) >= 11 is 5.41. The van der Waals surface area contributed by atoms with Crippen molar-refractivity contribution in [1.29, 1.82) is 0 Å². The zero-order valence-corrected chi connectivity index (χ0v) is 29.7. The van der Waals surface area contributed by atoms with Gasteiger partial charge in [0.2, 0.25) is 11.3 Å². The van der Waals surface area contributed by atoms with E-state index < -0.39 is 92.6 Å². The van der Waals surface area contributed by atoms with Gasteiger partial charge in [-0.25, -0.2) is 8.78 Å². The lowest BCUT2D eigenvalue weighted by molar-refractivity contribution is -0.410. The van der Waals surface area contributed by atoms with Crippen LogP contribution >= 0.6 is 31.9 Å². The van der Waals surface area contributed by atoms with Gasteiger partial charge >= 0.3 is 47.9 Å². The van der Waals surface area contributed by atoms with E-state index in [0.717, 1.165) is 24.3 Å². The van der Waals surface area contributed by atoms with E-state index in [1.54, 1.807) is 0 Å². The van der Waals surface area contributed by atoms with Gasteiger partial charge in [-0.05, 0) is 35.4 Å². The Labute approximate surface area is 317 Å². The molecule has 0 aliphatic rings. The fraction of sp³-hybridized carbons (Fsp3) is 0.294. The molecule has 0 aliphatic heterocycles. The summed E-state index contributed by atoms with van der Waals surface area (Å²) in [4.78, 5) is 0. The van der Waals surface area contributed by atoms with Crippen molar-refractivity contribution in [2.45, 2.75) is 59.2 Å². The topological polar surface area (TPSA) is 0 Å². The minimum atomic E-state index is -7.51. The van der Waals surface area contributed by atoms with Crippen molar-refractivity contribution in [1.82, 2.24) is 0 Å². The van der Waals surface area contributed by atoms with E-state index >= 15 is 26.3 Å². The van der Waals surface area contributed by atoms with Crippen molar-refractivity contribution in [3.05, 3.63) is 128 Å². The normalized spacial score (nSPS) is 16.3. The molecule has 0 nitrogen and oxygen atoms in total. The van der Waals surface area contributed by atoms with Crippen LogP contribution in [0, 0.1) is 0 Å². The van der Waals surface area contributed by atoms with E-state index in [-0.39, 0.29) is 33.2 Å². The van der Waals surface area contributed by atoms with Gasteiger partial charge in [-0.2, -0.15) is 79.0 Å². The van der Waals surface area contributed by atoms with Crippen molar-refractivity contribution < 1.29 is 87.8 Å². The molecule has 0 fully saturated rings. The zero-order valence-electron chi connectivity index (χ0n) is 26.6. The maximum absolute atomic E-state index is 16.6. The van der Waals surface area contributed by atoms with E-state index in [1.807, 2.05) is 0 Å². The molecule has 4 aromatic rings. The van der Waals surface area contributed by atoms with Crippen molar-refractivity contribution >= 4 is 31.9 Å². The summed E-state index contributed by atoms with van der Waals surface area (Å²) in [6.45, 7) is 0. The van der Waals surface area contributed by atoms with Crippen LogP contribution in [0.5, 0.6) is 0 Å². The first kappa shape index (κ1) is 45.1. The summed E-state index contributed by atoms with van der Waals surface area (Å²) in [5.74, 6) is -43.8. The second-order valence-electron chi connectivity index (χ2n) is 11.9. The Morgan fingerprint density at radius 2 is 0.554 bits per heavy atom. The summed E-state index contributed by atoms with van der Waals surface area (Å²) < 4.78 is 286. The standard InChI is InChI=1S/C34H16Br2F20/c35-23-5-1-3-21(15-23)25(37,27(39,40)29(43,44)31(47,48)33(51,52)53)19-11-7-17(8-12-19)18-9-13-20(14-10-18)26(38,22-4-2-6-24(36)16-22)28(41,42)30(45,46)32(49,50)34(54,55)56/h1-16H. The van der Waals surface area contributed by atoms with Crippen LogP contribution in [-0.4, -0.2) is 47.9 Å². The fourth-order valence-corrected chi connectivity index (χ4v) is 6.23. The lowest BCUT2D eigenvalue weighted by atomic mass is 9.77. The van der Waals surface area contributed by atoms with E-state index in [0.29, 0.717) is 48.5 Å². The van der Waals surface area contributed by atoms with Crippen LogP contribution in [0.4, 0.5) is 87.8 Å². The highest BCUT2D eigenvalue weighted by Gasteiger charge is 2.88. The van der Waals surface area contributed by atoms with Gasteiger partial charge < -0.3 is 0 Å². The third-order valence-electron chi connectivity index (χ3n) is 8.50. The van der Waals surface area contributed by atoms with Gasteiger partial charge in [-0.3, -0.25) is 0 Å². The molecule has 0 heterocycles. The molecular formula is C34H16Br2F20. The molecule has 4 aromatic carbocycles. The molecule has 0 spiro atoms. The first-order valence-electron chi connectivity index (χ1n) is 14.7. The molecule has 22 heteroatoms.